The van der Waals surface area contributed by atoms with E-state index in [1.165, 1.54) is 19.2 Å². The zero-order valence-electron chi connectivity index (χ0n) is 11.9. The van der Waals surface area contributed by atoms with Gasteiger partial charge < -0.3 is 10.1 Å². The average molecular weight is 300 g/mol. The number of nitrogens with one attached hydrogen (secondary N) is 2. The van der Waals surface area contributed by atoms with Crippen molar-refractivity contribution < 1.29 is 17.9 Å². The van der Waals surface area contributed by atoms with Crippen molar-refractivity contribution in [3.63, 3.8) is 0 Å². The Morgan fingerprint density at radius 3 is 2.65 bits per heavy atom. The summed E-state index contributed by atoms with van der Waals surface area (Å²) >= 11 is 0. The number of hydrogen-bond donors (Lipinski definition) is 2. The first kappa shape index (κ1) is 16.6. The lowest BCUT2D eigenvalue weighted by Gasteiger charge is -2.10. The molecule has 1 aromatic carbocycles. The van der Waals surface area contributed by atoms with Crippen LogP contribution in [0.1, 0.15) is 22.3 Å². The molecule has 0 aliphatic rings. The van der Waals surface area contributed by atoms with Crippen LogP contribution >= 0.6 is 0 Å². The van der Waals surface area contributed by atoms with Crippen molar-refractivity contribution in [2.75, 3.05) is 27.3 Å². The van der Waals surface area contributed by atoms with E-state index in [1.807, 2.05) is 0 Å². The molecule has 0 spiro atoms. The maximum Gasteiger partial charge on any atom is 0.251 e. The highest BCUT2D eigenvalue weighted by Crippen LogP contribution is 2.15. The van der Waals surface area contributed by atoms with E-state index in [9.17, 15) is 13.2 Å². The van der Waals surface area contributed by atoms with Crippen LogP contribution < -0.4 is 10.0 Å². The number of methoxy groups -OCH3 is 1. The van der Waals surface area contributed by atoms with Gasteiger partial charge in [0, 0.05) is 32.9 Å². The monoisotopic (exact) mass is 300 g/mol. The molecular weight excluding hydrogens is 280 g/mol. The summed E-state index contributed by atoms with van der Waals surface area (Å²) in [6.07, 6.45) is 0.587. The molecule has 1 rings (SSSR count). The van der Waals surface area contributed by atoms with E-state index in [1.54, 1.807) is 20.1 Å². The number of carbonyl (C=O) groups is 1. The van der Waals surface area contributed by atoms with Gasteiger partial charge in [-0.15, -0.1) is 0 Å². The molecular formula is C13H20N2O4S. The summed E-state index contributed by atoms with van der Waals surface area (Å²) in [6, 6.07) is 4.49. The molecule has 0 aromatic heterocycles. The van der Waals surface area contributed by atoms with Gasteiger partial charge in [-0.2, -0.15) is 0 Å². The lowest BCUT2D eigenvalue weighted by molar-refractivity contribution is 0.0962. The molecule has 2 N–H and O–H groups in total. The number of hydrogen-bond acceptors (Lipinski definition) is 4. The quantitative estimate of drug-likeness (QED) is 0.725. The second-order valence-corrected chi connectivity index (χ2v) is 6.07. The first-order valence-electron chi connectivity index (χ1n) is 6.23. The third kappa shape index (κ3) is 4.29. The van der Waals surface area contributed by atoms with Gasteiger partial charge in [0.15, 0.2) is 0 Å². The van der Waals surface area contributed by atoms with Gasteiger partial charge in [-0.3, -0.25) is 4.79 Å². The fraction of sp³-hybridized carbons (Fsp3) is 0.462. The van der Waals surface area contributed by atoms with Gasteiger partial charge in [-0.25, -0.2) is 13.1 Å². The summed E-state index contributed by atoms with van der Waals surface area (Å²) in [4.78, 5) is 11.8. The third-order valence-corrected chi connectivity index (χ3v) is 4.27. The van der Waals surface area contributed by atoms with Crippen molar-refractivity contribution in [3.05, 3.63) is 29.3 Å². The van der Waals surface area contributed by atoms with Crippen LogP contribution in [0.5, 0.6) is 0 Å². The SMILES string of the molecule is CNC(=O)c1cc(S(=O)(=O)NCCCOC)ccc1C. The molecule has 7 heteroatoms. The lowest BCUT2D eigenvalue weighted by atomic mass is 10.1. The summed E-state index contributed by atoms with van der Waals surface area (Å²) in [5.41, 5.74) is 1.08. The Labute approximate surface area is 119 Å². The molecule has 0 aliphatic carbocycles. The molecule has 0 radical (unpaired) electrons. The topological polar surface area (TPSA) is 84.5 Å². The molecule has 0 fully saturated rings. The largest absolute Gasteiger partial charge is 0.385 e. The van der Waals surface area contributed by atoms with Crippen molar-refractivity contribution in [1.82, 2.24) is 10.0 Å². The number of aryl methyl sites for hydroxylation is 1. The van der Waals surface area contributed by atoms with Crippen molar-refractivity contribution in [3.8, 4) is 0 Å². The molecule has 0 unspecified atom stereocenters. The summed E-state index contributed by atoms with van der Waals surface area (Å²) < 4.78 is 31.5. The Morgan fingerprint density at radius 1 is 1.35 bits per heavy atom. The molecule has 0 aliphatic heterocycles. The summed E-state index contributed by atoms with van der Waals surface area (Å²) in [5.74, 6) is -0.307. The van der Waals surface area contributed by atoms with E-state index in [2.05, 4.69) is 10.0 Å². The van der Waals surface area contributed by atoms with Gasteiger partial charge in [0.2, 0.25) is 10.0 Å². The van der Waals surface area contributed by atoms with Crippen molar-refractivity contribution in [2.24, 2.45) is 0 Å². The Kier molecular flexibility index (Phi) is 6.12. The molecule has 112 valence electrons. The second-order valence-electron chi connectivity index (χ2n) is 4.30. The highest BCUT2D eigenvalue weighted by molar-refractivity contribution is 7.89. The summed E-state index contributed by atoms with van der Waals surface area (Å²) in [6.45, 7) is 2.53. The van der Waals surface area contributed by atoms with Gasteiger partial charge in [0.25, 0.3) is 5.91 Å². The fourth-order valence-electron chi connectivity index (χ4n) is 1.65. The van der Waals surface area contributed by atoms with Crippen LogP contribution in [0.15, 0.2) is 23.1 Å². The molecule has 0 heterocycles. The summed E-state index contributed by atoms with van der Waals surface area (Å²) in [7, 11) is -0.542. The third-order valence-electron chi connectivity index (χ3n) is 2.81. The van der Waals surface area contributed by atoms with Gasteiger partial charge in [-0.05, 0) is 31.0 Å². The molecule has 0 saturated heterocycles. The Hall–Kier alpha value is -1.44. The number of rotatable bonds is 7. The zero-order valence-corrected chi connectivity index (χ0v) is 12.7. The van der Waals surface area contributed by atoms with Crippen LogP contribution in [0.25, 0.3) is 0 Å². The van der Waals surface area contributed by atoms with E-state index in [-0.39, 0.29) is 10.8 Å². The van der Waals surface area contributed by atoms with Gasteiger partial charge in [-0.1, -0.05) is 6.07 Å². The van der Waals surface area contributed by atoms with Crippen molar-refractivity contribution in [1.29, 1.82) is 0 Å². The summed E-state index contributed by atoms with van der Waals surface area (Å²) in [5, 5.41) is 2.49. The van der Waals surface area contributed by atoms with Crippen LogP contribution in [0.2, 0.25) is 0 Å². The van der Waals surface area contributed by atoms with Crippen LogP contribution in [0, 0.1) is 6.92 Å². The van der Waals surface area contributed by atoms with Crippen LogP contribution in [0.4, 0.5) is 0 Å². The number of ether oxygens (including phenoxy) is 1. The molecule has 1 aromatic rings. The predicted octanol–water partition coefficient (Wildman–Crippen LogP) is 0.669. The van der Waals surface area contributed by atoms with Crippen molar-refractivity contribution >= 4 is 15.9 Å². The van der Waals surface area contributed by atoms with Crippen LogP contribution in [-0.4, -0.2) is 41.6 Å². The van der Waals surface area contributed by atoms with E-state index in [0.717, 1.165) is 5.56 Å². The minimum Gasteiger partial charge on any atom is -0.385 e. The molecule has 0 bridgehead atoms. The normalized spacial score (nSPS) is 11.3. The fourth-order valence-corrected chi connectivity index (χ4v) is 2.75. The second kappa shape index (κ2) is 7.37. The molecule has 0 atom stereocenters. The van der Waals surface area contributed by atoms with Gasteiger partial charge >= 0.3 is 0 Å². The maximum absolute atomic E-state index is 12.1. The number of benzene rings is 1. The minimum absolute atomic E-state index is 0.0825. The van der Waals surface area contributed by atoms with E-state index >= 15 is 0 Å². The van der Waals surface area contributed by atoms with Gasteiger partial charge in [0.05, 0.1) is 4.90 Å². The predicted molar refractivity (Wildman–Crippen MR) is 76.3 cm³/mol. The van der Waals surface area contributed by atoms with Crippen LogP contribution in [0.3, 0.4) is 0 Å². The highest BCUT2D eigenvalue weighted by atomic mass is 32.2. The smallest absolute Gasteiger partial charge is 0.251 e. The minimum atomic E-state index is -3.61. The molecule has 20 heavy (non-hydrogen) atoms. The Balaban J connectivity index is 2.93. The maximum atomic E-state index is 12.1. The average Bonchev–Trinajstić information content (AvgIpc) is 2.43. The van der Waals surface area contributed by atoms with Crippen molar-refractivity contribution in [2.45, 2.75) is 18.2 Å². The standard InChI is InChI=1S/C13H20N2O4S/c1-10-5-6-11(9-12(10)13(16)14-2)20(17,18)15-7-4-8-19-3/h5-6,9,15H,4,7-8H2,1-3H3,(H,14,16). The number of sulfonamides is 1. The zero-order chi connectivity index (χ0) is 15.2. The molecule has 1 amide bonds. The van der Waals surface area contributed by atoms with Crippen LogP contribution in [-0.2, 0) is 14.8 Å². The Bertz CT molecular complexity index is 570. The van der Waals surface area contributed by atoms with Gasteiger partial charge in [0.1, 0.15) is 0 Å². The number of carbonyl (C=O) groups excluding carboxylic acids is 1. The lowest BCUT2D eigenvalue weighted by Crippen LogP contribution is -2.26. The first-order chi connectivity index (χ1) is 9.42. The van der Waals surface area contributed by atoms with E-state index < -0.39 is 10.0 Å². The van der Waals surface area contributed by atoms with E-state index in [4.69, 9.17) is 4.74 Å². The molecule has 6 nitrogen and oxygen atoms in total. The Morgan fingerprint density at radius 2 is 2.05 bits per heavy atom. The van der Waals surface area contributed by atoms with E-state index in [0.29, 0.717) is 25.1 Å². The molecule has 0 saturated carbocycles. The highest BCUT2D eigenvalue weighted by Gasteiger charge is 2.17. The first-order valence-corrected chi connectivity index (χ1v) is 7.72. The number of amides is 1.